The number of carbonyl (C=O) groups is 2. The van der Waals surface area contributed by atoms with Gasteiger partial charge >= 0.3 is 11.9 Å². The summed E-state index contributed by atoms with van der Waals surface area (Å²) in [5.74, 6) is 0.586. The Bertz CT molecular complexity index is 1490. The third kappa shape index (κ3) is 8.23. The summed E-state index contributed by atoms with van der Waals surface area (Å²) in [5.41, 5.74) is 6.01. The fraction of sp³-hybridized carbons (Fsp3) is 0.514. The highest BCUT2D eigenvalue weighted by atomic mass is 28.4. The van der Waals surface area contributed by atoms with E-state index in [4.69, 9.17) is 18.6 Å². The van der Waals surface area contributed by atoms with Gasteiger partial charge in [0.1, 0.15) is 11.5 Å². The molecule has 8 nitrogen and oxygen atoms in total. The first kappa shape index (κ1) is 35.3. The maximum absolute atomic E-state index is 12.3. The van der Waals surface area contributed by atoms with E-state index in [1.165, 1.54) is 18.2 Å². The molecule has 2 atom stereocenters. The Hall–Kier alpha value is -3.56. The highest BCUT2D eigenvalue weighted by Gasteiger charge is 2.42. The first-order chi connectivity index (χ1) is 21.6. The van der Waals surface area contributed by atoms with Gasteiger partial charge in [0.05, 0.1) is 40.3 Å². The monoisotopic (exact) mass is 649 g/mol. The molecule has 1 heterocycles. The molecule has 0 saturated heterocycles. The van der Waals surface area contributed by atoms with Gasteiger partial charge in [0.2, 0.25) is 0 Å². The van der Waals surface area contributed by atoms with Crippen LogP contribution in [0, 0.1) is 18.8 Å². The number of ether oxygens (including phenoxy) is 3. The Morgan fingerprint density at radius 1 is 0.957 bits per heavy atom. The van der Waals surface area contributed by atoms with Crippen molar-refractivity contribution in [3.8, 4) is 11.5 Å². The molecule has 0 saturated carbocycles. The van der Waals surface area contributed by atoms with Gasteiger partial charge in [0.15, 0.2) is 8.32 Å². The largest absolute Gasteiger partial charge is 0.496 e. The molecule has 1 N–H and O–H groups in total. The van der Waals surface area contributed by atoms with Gasteiger partial charge in [-0.15, -0.1) is 0 Å². The molecule has 46 heavy (non-hydrogen) atoms. The second kappa shape index (κ2) is 14.5. The number of rotatable bonds is 14. The SMILES string of the molecule is COC(=O)Cc1cn(C[C@H](CC2Cc3ccccc3C2)[C@H](O[Si](C)(C)C(C)(C)C)c2cc(OC)c(C)c(OC)c2)cc1CC(=O)O. The third-order valence-corrected chi connectivity index (χ3v) is 14.4. The summed E-state index contributed by atoms with van der Waals surface area (Å²) in [5, 5.41) is 9.61. The molecule has 1 aromatic heterocycles. The second-order valence-electron chi connectivity index (χ2n) is 14.2. The smallest absolute Gasteiger partial charge is 0.310 e. The molecule has 4 rings (SSSR count). The molecule has 2 aromatic carbocycles. The zero-order valence-electron chi connectivity index (χ0n) is 28.9. The average molecular weight is 650 g/mol. The van der Waals surface area contributed by atoms with Crippen LogP contribution in [0.4, 0.5) is 0 Å². The number of nitrogens with zero attached hydrogens (tertiary/aromatic N) is 1. The summed E-state index contributed by atoms with van der Waals surface area (Å²) in [4.78, 5) is 24.0. The number of carboxylic acid groups (broad SMARTS) is 1. The van der Waals surface area contributed by atoms with E-state index in [0.717, 1.165) is 41.9 Å². The lowest BCUT2D eigenvalue weighted by Gasteiger charge is -2.42. The lowest BCUT2D eigenvalue weighted by molar-refractivity contribution is -0.140. The van der Waals surface area contributed by atoms with Crippen LogP contribution in [0.2, 0.25) is 18.1 Å². The molecule has 0 fully saturated rings. The molecule has 1 aliphatic carbocycles. The maximum Gasteiger partial charge on any atom is 0.310 e. The van der Waals surface area contributed by atoms with Gasteiger partial charge in [-0.3, -0.25) is 9.59 Å². The number of esters is 1. The summed E-state index contributed by atoms with van der Waals surface area (Å²) >= 11 is 0. The molecule has 0 unspecified atom stereocenters. The minimum Gasteiger partial charge on any atom is -0.496 e. The van der Waals surface area contributed by atoms with Gasteiger partial charge in [0.25, 0.3) is 0 Å². The van der Waals surface area contributed by atoms with E-state index in [1.807, 2.05) is 23.9 Å². The minimum absolute atomic E-state index is 0.0154. The summed E-state index contributed by atoms with van der Waals surface area (Å²) in [6.07, 6.45) is 6.25. The van der Waals surface area contributed by atoms with Crippen molar-refractivity contribution in [1.82, 2.24) is 4.57 Å². The first-order valence-corrected chi connectivity index (χ1v) is 19.0. The van der Waals surface area contributed by atoms with Crippen LogP contribution in [0.5, 0.6) is 11.5 Å². The van der Waals surface area contributed by atoms with Gasteiger partial charge in [0, 0.05) is 30.4 Å². The molecule has 0 spiro atoms. The van der Waals surface area contributed by atoms with Crippen molar-refractivity contribution in [2.75, 3.05) is 21.3 Å². The predicted octanol–water partition coefficient (Wildman–Crippen LogP) is 7.34. The maximum atomic E-state index is 12.3. The number of aliphatic carboxylic acids is 1. The standard InChI is InChI=1S/C37H51NO7Si/c1-24-32(42-5)17-28(18-33(24)43-6)36(45-46(8,9)37(2,3)4)31(16-25-14-26-12-10-11-13-27(26)15-25)23-38-21-29(19-34(39)40)30(22-38)20-35(41)44-7/h10-13,17-18,21-22,25,31,36H,14-16,19-20,23H2,1-9H3,(H,39,40)/t31-,36+/m0/s1. The molecule has 9 heteroatoms. The Morgan fingerprint density at radius 2 is 1.50 bits per heavy atom. The van der Waals surface area contributed by atoms with E-state index in [2.05, 4.69) is 70.3 Å². The van der Waals surface area contributed by atoms with Gasteiger partial charge in [-0.25, -0.2) is 0 Å². The van der Waals surface area contributed by atoms with Crippen molar-refractivity contribution < 1.29 is 33.3 Å². The van der Waals surface area contributed by atoms with Crippen molar-refractivity contribution in [1.29, 1.82) is 0 Å². The zero-order valence-corrected chi connectivity index (χ0v) is 29.9. The fourth-order valence-corrected chi connectivity index (χ4v) is 7.75. The van der Waals surface area contributed by atoms with Crippen LogP contribution in [-0.4, -0.2) is 51.3 Å². The molecule has 0 aliphatic heterocycles. The molecule has 1 aliphatic rings. The molecule has 3 aromatic rings. The van der Waals surface area contributed by atoms with Crippen LogP contribution in [0.25, 0.3) is 0 Å². The molecular weight excluding hydrogens is 598 g/mol. The van der Waals surface area contributed by atoms with Crippen LogP contribution in [0.15, 0.2) is 48.8 Å². The van der Waals surface area contributed by atoms with E-state index >= 15 is 0 Å². The number of fused-ring (bicyclic) bond motifs is 1. The highest BCUT2D eigenvalue weighted by Crippen LogP contribution is 2.46. The number of methoxy groups -OCH3 is 3. The Labute approximate surface area is 275 Å². The summed E-state index contributed by atoms with van der Waals surface area (Å²) in [6.45, 7) is 13.9. The molecule has 0 bridgehead atoms. The number of aromatic nitrogens is 1. The number of benzene rings is 2. The van der Waals surface area contributed by atoms with Crippen LogP contribution in [-0.2, 0) is 51.0 Å². The fourth-order valence-electron chi connectivity index (χ4n) is 6.43. The average Bonchev–Trinajstić information content (AvgIpc) is 3.57. The van der Waals surface area contributed by atoms with Gasteiger partial charge in [-0.05, 0) is 90.2 Å². The van der Waals surface area contributed by atoms with E-state index in [1.54, 1.807) is 14.2 Å². The highest BCUT2D eigenvalue weighted by molar-refractivity contribution is 6.74. The summed E-state index contributed by atoms with van der Waals surface area (Å²) in [7, 11) is 2.39. The van der Waals surface area contributed by atoms with Crippen molar-refractivity contribution in [3.63, 3.8) is 0 Å². The van der Waals surface area contributed by atoms with E-state index in [-0.39, 0.29) is 29.9 Å². The van der Waals surface area contributed by atoms with Crippen molar-refractivity contribution >= 4 is 20.3 Å². The van der Waals surface area contributed by atoms with Gasteiger partial charge in [-0.2, -0.15) is 0 Å². The summed E-state index contributed by atoms with van der Waals surface area (Å²) in [6, 6.07) is 12.8. The van der Waals surface area contributed by atoms with Crippen LogP contribution in [0.3, 0.4) is 0 Å². The quantitative estimate of drug-likeness (QED) is 0.144. The number of hydrogen-bond acceptors (Lipinski definition) is 6. The number of hydrogen-bond donors (Lipinski definition) is 1. The summed E-state index contributed by atoms with van der Waals surface area (Å²) < 4.78 is 26.0. The van der Waals surface area contributed by atoms with Crippen LogP contribution in [0.1, 0.15) is 66.7 Å². The predicted molar refractivity (Wildman–Crippen MR) is 182 cm³/mol. The number of carboxylic acids is 1. The molecule has 0 amide bonds. The second-order valence-corrected chi connectivity index (χ2v) is 19.0. The van der Waals surface area contributed by atoms with Gasteiger partial charge in [-0.1, -0.05) is 45.0 Å². The lowest BCUT2D eigenvalue weighted by Crippen LogP contribution is -2.43. The third-order valence-electron chi connectivity index (χ3n) is 9.94. The van der Waals surface area contributed by atoms with Crippen molar-refractivity contribution in [2.24, 2.45) is 11.8 Å². The topological polar surface area (TPSA) is 96.2 Å². The Morgan fingerprint density at radius 3 is 1.98 bits per heavy atom. The van der Waals surface area contributed by atoms with Crippen molar-refractivity contribution in [2.45, 2.75) is 90.6 Å². The normalized spacial score (nSPS) is 14.9. The molecular formula is C37H51NO7Si. The van der Waals surface area contributed by atoms with Crippen LogP contribution < -0.4 is 9.47 Å². The lowest BCUT2D eigenvalue weighted by atomic mass is 9.85. The van der Waals surface area contributed by atoms with E-state index in [0.29, 0.717) is 23.6 Å². The minimum atomic E-state index is -2.30. The van der Waals surface area contributed by atoms with Crippen molar-refractivity contribution in [3.05, 3.63) is 82.2 Å². The first-order valence-electron chi connectivity index (χ1n) is 16.1. The van der Waals surface area contributed by atoms with E-state index in [9.17, 15) is 14.7 Å². The molecule has 250 valence electrons. The van der Waals surface area contributed by atoms with Crippen LogP contribution >= 0.6 is 0 Å². The van der Waals surface area contributed by atoms with Gasteiger partial charge < -0.3 is 28.3 Å². The zero-order chi connectivity index (χ0) is 33.8. The molecule has 0 radical (unpaired) electrons. The Kier molecular flexibility index (Phi) is 11.1. The van der Waals surface area contributed by atoms with E-state index < -0.39 is 20.3 Å². The Balaban J connectivity index is 1.83. The number of carbonyl (C=O) groups excluding carboxylic acids is 1.